The maximum atomic E-state index is 13.8. The first-order chi connectivity index (χ1) is 14.6. The number of nitrogens with two attached hydrogens (primary N) is 1. The highest BCUT2D eigenvalue weighted by molar-refractivity contribution is 5.84. The van der Waals surface area contributed by atoms with E-state index in [4.69, 9.17) is 15.7 Å². The molecule has 2 aromatic carbocycles. The molecule has 5 rings (SSSR count). The van der Waals surface area contributed by atoms with Gasteiger partial charge in [0.2, 0.25) is 0 Å². The number of fused-ring (bicyclic) bond motifs is 1. The van der Waals surface area contributed by atoms with Gasteiger partial charge in [0.25, 0.3) is 0 Å². The van der Waals surface area contributed by atoms with Crippen molar-refractivity contribution in [2.24, 2.45) is 0 Å². The van der Waals surface area contributed by atoms with E-state index in [0.29, 0.717) is 34.1 Å². The molecule has 0 aliphatic rings. The van der Waals surface area contributed by atoms with E-state index in [0.717, 1.165) is 16.8 Å². The van der Waals surface area contributed by atoms with Gasteiger partial charge >= 0.3 is 0 Å². The lowest BCUT2D eigenvalue weighted by atomic mass is 10.1. The van der Waals surface area contributed by atoms with E-state index in [1.54, 1.807) is 12.3 Å². The summed E-state index contributed by atoms with van der Waals surface area (Å²) in [5, 5.41) is 0. The van der Waals surface area contributed by atoms with Crippen molar-refractivity contribution in [2.75, 3.05) is 5.73 Å². The first kappa shape index (κ1) is 18.0. The first-order valence-electron chi connectivity index (χ1n) is 9.53. The summed E-state index contributed by atoms with van der Waals surface area (Å²) in [5.74, 6) is 0.750. The van der Waals surface area contributed by atoms with E-state index in [9.17, 15) is 4.39 Å². The van der Waals surface area contributed by atoms with E-state index in [1.165, 1.54) is 12.1 Å². The molecule has 0 aliphatic carbocycles. The predicted molar refractivity (Wildman–Crippen MR) is 117 cm³/mol. The van der Waals surface area contributed by atoms with Gasteiger partial charge in [0.05, 0.1) is 11.3 Å². The first-order valence-corrected chi connectivity index (χ1v) is 9.53. The van der Waals surface area contributed by atoms with Crippen LogP contribution in [0.15, 0.2) is 79.0 Å². The number of hydrogen-bond acceptors (Lipinski definition) is 4. The van der Waals surface area contributed by atoms with Crippen LogP contribution in [0.1, 0.15) is 5.56 Å². The largest absolute Gasteiger partial charge is 0.383 e. The highest BCUT2D eigenvalue weighted by atomic mass is 19.1. The molecule has 0 radical (unpaired) electrons. The fourth-order valence-corrected chi connectivity index (χ4v) is 3.49. The number of pyridine rings is 2. The number of nitrogens with zero attached hydrogens (tertiary/aromatic N) is 4. The lowest BCUT2D eigenvalue weighted by Gasteiger charge is -2.11. The Morgan fingerprint density at radius 1 is 0.900 bits per heavy atom. The van der Waals surface area contributed by atoms with Crippen molar-refractivity contribution in [2.45, 2.75) is 6.92 Å². The average molecular weight is 395 g/mol. The zero-order chi connectivity index (χ0) is 20.7. The summed E-state index contributed by atoms with van der Waals surface area (Å²) in [7, 11) is 0. The molecule has 0 atom stereocenters. The summed E-state index contributed by atoms with van der Waals surface area (Å²) in [6, 6.07) is 22.0. The molecular formula is C24H18FN5. The van der Waals surface area contributed by atoms with Gasteiger partial charge in [-0.1, -0.05) is 29.8 Å². The molecule has 2 N–H and O–H groups in total. The smallest absolute Gasteiger partial charge is 0.165 e. The van der Waals surface area contributed by atoms with E-state index in [-0.39, 0.29) is 5.82 Å². The van der Waals surface area contributed by atoms with Crippen LogP contribution in [-0.4, -0.2) is 19.5 Å². The number of imidazole rings is 1. The molecule has 0 amide bonds. The van der Waals surface area contributed by atoms with Gasteiger partial charge in [0, 0.05) is 17.4 Å². The fourth-order valence-electron chi connectivity index (χ4n) is 3.49. The second-order valence-electron chi connectivity index (χ2n) is 7.09. The number of aromatic nitrogens is 4. The Morgan fingerprint density at radius 3 is 2.50 bits per heavy atom. The van der Waals surface area contributed by atoms with Crippen molar-refractivity contribution in [3.63, 3.8) is 0 Å². The van der Waals surface area contributed by atoms with E-state index < -0.39 is 0 Å². The predicted octanol–water partition coefficient (Wildman–Crippen LogP) is 5.18. The lowest BCUT2D eigenvalue weighted by Crippen LogP contribution is -2.02. The summed E-state index contributed by atoms with van der Waals surface area (Å²) < 4.78 is 15.7. The van der Waals surface area contributed by atoms with Crippen LogP contribution < -0.4 is 5.73 Å². The molecule has 146 valence electrons. The zero-order valence-electron chi connectivity index (χ0n) is 16.2. The van der Waals surface area contributed by atoms with Crippen molar-refractivity contribution in [3.05, 3.63) is 90.4 Å². The minimum Gasteiger partial charge on any atom is -0.383 e. The molecule has 5 aromatic rings. The van der Waals surface area contributed by atoms with Crippen LogP contribution in [0, 0.1) is 12.7 Å². The third-order valence-electron chi connectivity index (χ3n) is 5.00. The van der Waals surface area contributed by atoms with Crippen molar-refractivity contribution >= 4 is 17.0 Å². The monoisotopic (exact) mass is 395 g/mol. The molecular weight excluding hydrogens is 377 g/mol. The second-order valence-corrected chi connectivity index (χ2v) is 7.09. The number of halogens is 1. The van der Waals surface area contributed by atoms with Crippen LogP contribution in [-0.2, 0) is 0 Å². The number of aryl methyl sites for hydroxylation is 1. The van der Waals surface area contributed by atoms with Crippen molar-refractivity contribution in [1.82, 2.24) is 19.5 Å². The lowest BCUT2D eigenvalue weighted by molar-refractivity contribution is 0.628. The Kier molecular flexibility index (Phi) is 4.25. The van der Waals surface area contributed by atoms with Crippen LogP contribution in [0.25, 0.3) is 39.5 Å². The van der Waals surface area contributed by atoms with E-state index >= 15 is 0 Å². The number of hydrogen-bond donors (Lipinski definition) is 1. The minimum absolute atomic E-state index is 0.301. The molecule has 3 heterocycles. The third-order valence-corrected chi connectivity index (χ3v) is 5.00. The van der Waals surface area contributed by atoms with Gasteiger partial charge in [0.15, 0.2) is 11.5 Å². The van der Waals surface area contributed by atoms with Crippen LogP contribution in [0.4, 0.5) is 10.2 Å². The molecule has 0 unspecified atom stereocenters. The van der Waals surface area contributed by atoms with E-state index in [2.05, 4.69) is 4.98 Å². The van der Waals surface area contributed by atoms with Crippen molar-refractivity contribution in [3.8, 4) is 28.3 Å². The quantitative estimate of drug-likeness (QED) is 0.457. The summed E-state index contributed by atoms with van der Waals surface area (Å²) in [6.45, 7) is 2.04. The third kappa shape index (κ3) is 3.08. The highest BCUT2D eigenvalue weighted by Crippen LogP contribution is 2.31. The molecule has 6 heteroatoms. The second kappa shape index (κ2) is 7.08. The van der Waals surface area contributed by atoms with Crippen LogP contribution >= 0.6 is 0 Å². The summed E-state index contributed by atoms with van der Waals surface area (Å²) in [5.41, 5.74) is 11.7. The Balaban J connectivity index is 1.81. The summed E-state index contributed by atoms with van der Waals surface area (Å²) in [6.07, 6.45) is 1.65. The maximum absolute atomic E-state index is 13.8. The summed E-state index contributed by atoms with van der Waals surface area (Å²) >= 11 is 0. The standard InChI is InChI=1S/C24H18FN5/c1-15-7-9-18(10-8-15)30-23(19-6-3-13-27-22(19)26)29-21-12-11-20(28-24(21)30)16-4-2-5-17(25)14-16/h2-14H,1H3,(H2,26,27). The number of nitrogen functional groups attached to an aromatic ring is 1. The maximum Gasteiger partial charge on any atom is 0.165 e. The molecule has 0 spiro atoms. The molecule has 5 nitrogen and oxygen atoms in total. The molecule has 30 heavy (non-hydrogen) atoms. The normalized spacial score (nSPS) is 11.1. The zero-order valence-corrected chi connectivity index (χ0v) is 16.2. The molecule has 0 saturated carbocycles. The van der Waals surface area contributed by atoms with Gasteiger partial charge in [-0.2, -0.15) is 0 Å². The molecule has 0 aliphatic heterocycles. The molecule has 0 fully saturated rings. The number of benzene rings is 2. The summed E-state index contributed by atoms with van der Waals surface area (Å²) in [4.78, 5) is 13.8. The van der Waals surface area contributed by atoms with Crippen LogP contribution in [0.3, 0.4) is 0 Å². The Labute approximate surface area is 172 Å². The molecule has 3 aromatic heterocycles. The van der Waals surface area contributed by atoms with Gasteiger partial charge in [0.1, 0.15) is 17.2 Å². The topological polar surface area (TPSA) is 69.6 Å². The number of anilines is 1. The van der Waals surface area contributed by atoms with Gasteiger partial charge in [-0.05, 0) is 55.5 Å². The van der Waals surface area contributed by atoms with Gasteiger partial charge in [-0.3, -0.25) is 4.57 Å². The molecule has 0 saturated heterocycles. The highest BCUT2D eigenvalue weighted by Gasteiger charge is 2.18. The van der Waals surface area contributed by atoms with Gasteiger partial charge in [-0.15, -0.1) is 0 Å². The van der Waals surface area contributed by atoms with Gasteiger partial charge in [-0.25, -0.2) is 19.3 Å². The van der Waals surface area contributed by atoms with Crippen molar-refractivity contribution in [1.29, 1.82) is 0 Å². The molecule has 0 bridgehead atoms. The fraction of sp³-hybridized carbons (Fsp3) is 0.0417. The SMILES string of the molecule is Cc1ccc(-n2c(-c3cccnc3N)nc3ccc(-c4cccc(F)c4)nc32)cc1. The Morgan fingerprint density at radius 2 is 1.73 bits per heavy atom. The average Bonchev–Trinajstić information content (AvgIpc) is 3.13. The van der Waals surface area contributed by atoms with Gasteiger partial charge < -0.3 is 5.73 Å². The van der Waals surface area contributed by atoms with Crippen LogP contribution in [0.2, 0.25) is 0 Å². The minimum atomic E-state index is -0.301. The number of rotatable bonds is 3. The Bertz CT molecular complexity index is 1370. The van der Waals surface area contributed by atoms with E-state index in [1.807, 2.05) is 66.1 Å². The Hall–Kier alpha value is -4.06. The van der Waals surface area contributed by atoms with Crippen LogP contribution in [0.5, 0.6) is 0 Å². The van der Waals surface area contributed by atoms with Crippen molar-refractivity contribution < 1.29 is 4.39 Å².